The maximum atomic E-state index is 13.3. The zero-order valence-electron chi connectivity index (χ0n) is 21.9. The van der Waals surface area contributed by atoms with E-state index in [-0.39, 0.29) is 25.4 Å². The predicted molar refractivity (Wildman–Crippen MR) is 146 cm³/mol. The van der Waals surface area contributed by atoms with Crippen molar-refractivity contribution in [2.75, 3.05) is 6.54 Å². The fraction of sp³-hybridized carbons (Fsp3) is 0.379. The van der Waals surface area contributed by atoms with E-state index in [1.807, 2.05) is 54.6 Å². The smallest absolute Gasteiger partial charge is 0.329 e. The van der Waals surface area contributed by atoms with Crippen LogP contribution < -0.4 is 16.8 Å². The van der Waals surface area contributed by atoms with E-state index in [9.17, 15) is 19.2 Å². The number of fused-ring (bicyclic) bond motifs is 3. The number of hydrogen-bond donors (Lipinski definition) is 4. The number of carbonyl (C=O) groups is 4. The van der Waals surface area contributed by atoms with Crippen molar-refractivity contribution in [3.05, 3.63) is 71.4 Å². The summed E-state index contributed by atoms with van der Waals surface area (Å²) >= 11 is 0. The molecule has 1 aromatic heterocycles. The Balaban J connectivity index is 1.34. The van der Waals surface area contributed by atoms with Gasteiger partial charge in [-0.3, -0.25) is 14.4 Å². The Morgan fingerprint density at radius 1 is 1.03 bits per heavy atom. The van der Waals surface area contributed by atoms with Crippen LogP contribution in [0.1, 0.15) is 48.9 Å². The molecule has 0 spiro atoms. The molecule has 206 valence electrons. The number of esters is 1. The van der Waals surface area contributed by atoms with E-state index in [0.29, 0.717) is 38.8 Å². The minimum atomic E-state index is -0.962. The lowest BCUT2D eigenvalue weighted by Gasteiger charge is -2.34. The maximum absolute atomic E-state index is 13.3. The van der Waals surface area contributed by atoms with Crippen molar-refractivity contribution in [2.24, 2.45) is 11.5 Å². The summed E-state index contributed by atoms with van der Waals surface area (Å²) < 4.78 is 5.65. The first kappa shape index (κ1) is 27.8. The molecule has 10 nitrogen and oxygen atoms in total. The zero-order chi connectivity index (χ0) is 27.8. The van der Waals surface area contributed by atoms with Gasteiger partial charge in [-0.1, -0.05) is 55.0 Å². The van der Waals surface area contributed by atoms with E-state index in [0.717, 1.165) is 27.7 Å². The first-order valence-corrected chi connectivity index (χ1v) is 13.2. The normalized spacial score (nSPS) is 15.4. The number of amides is 3. The van der Waals surface area contributed by atoms with Crippen LogP contribution in [0.15, 0.2) is 54.6 Å². The molecule has 10 heteroatoms. The van der Waals surface area contributed by atoms with Crippen LogP contribution in [0.4, 0.5) is 0 Å². The minimum Gasteiger partial charge on any atom is -0.459 e. The third kappa shape index (κ3) is 7.23. The van der Waals surface area contributed by atoms with Crippen molar-refractivity contribution >= 4 is 34.6 Å². The molecule has 3 aromatic rings. The van der Waals surface area contributed by atoms with Crippen LogP contribution in [0, 0.1) is 0 Å². The summed E-state index contributed by atoms with van der Waals surface area (Å²) in [6, 6.07) is 15.7. The first-order chi connectivity index (χ1) is 18.8. The second kappa shape index (κ2) is 13.1. The molecule has 0 fully saturated rings. The summed E-state index contributed by atoms with van der Waals surface area (Å²) in [7, 11) is 0. The molecule has 0 aliphatic carbocycles. The molecule has 2 aromatic carbocycles. The Bertz CT molecular complexity index is 1320. The Kier molecular flexibility index (Phi) is 9.32. The summed E-state index contributed by atoms with van der Waals surface area (Å²) in [5, 5.41) is 3.73. The number of H-pyrrole nitrogens is 1. The van der Waals surface area contributed by atoms with Crippen molar-refractivity contribution in [3.8, 4) is 0 Å². The number of carbonyl (C=O) groups excluding carboxylic acids is 4. The van der Waals surface area contributed by atoms with Crippen LogP contribution in [-0.2, 0) is 43.5 Å². The zero-order valence-corrected chi connectivity index (χ0v) is 21.9. The van der Waals surface area contributed by atoms with Gasteiger partial charge in [0.15, 0.2) is 0 Å². The van der Waals surface area contributed by atoms with Gasteiger partial charge < -0.3 is 31.4 Å². The van der Waals surface area contributed by atoms with Crippen LogP contribution in [0.3, 0.4) is 0 Å². The van der Waals surface area contributed by atoms with Gasteiger partial charge in [0.25, 0.3) is 0 Å². The number of para-hydroxylation sites is 1. The molecule has 39 heavy (non-hydrogen) atoms. The highest BCUT2D eigenvalue weighted by Gasteiger charge is 2.37. The Hall–Kier alpha value is -4.18. The van der Waals surface area contributed by atoms with Gasteiger partial charge in [-0.2, -0.15) is 0 Å². The summed E-state index contributed by atoms with van der Waals surface area (Å²) in [6.07, 6.45) is 2.40. The van der Waals surface area contributed by atoms with E-state index in [1.54, 1.807) is 4.90 Å². The van der Waals surface area contributed by atoms with Crippen molar-refractivity contribution < 1.29 is 23.9 Å². The number of nitrogens with two attached hydrogens (primary N) is 2. The van der Waals surface area contributed by atoms with E-state index in [2.05, 4.69) is 10.3 Å². The number of nitrogens with one attached hydrogen (secondary N) is 2. The number of rotatable bonds is 12. The van der Waals surface area contributed by atoms with Gasteiger partial charge in [0.1, 0.15) is 12.6 Å². The van der Waals surface area contributed by atoms with Crippen molar-refractivity contribution in [1.82, 2.24) is 15.2 Å². The Morgan fingerprint density at radius 3 is 2.54 bits per heavy atom. The van der Waals surface area contributed by atoms with Crippen LogP contribution in [0.25, 0.3) is 10.9 Å². The number of aromatic nitrogens is 1. The fourth-order valence-electron chi connectivity index (χ4n) is 4.88. The number of hydrogen-bond acceptors (Lipinski definition) is 6. The monoisotopic (exact) mass is 533 g/mol. The Morgan fingerprint density at radius 2 is 1.77 bits per heavy atom. The summed E-state index contributed by atoms with van der Waals surface area (Å²) in [6.45, 7) is 0.839. The molecule has 2 atom stereocenters. The number of ether oxygens (including phenoxy) is 1. The van der Waals surface area contributed by atoms with Gasteiger partial charge in [0.2, 0.25) is 17.7 Å². The molecule has 0 radical (unpaired) electrons. The lowest BCUT2D eigenvalue weighted by molar-refractivity contribution is -0.157. The SMILES string of the molecule is NC(=O)C[C@H](N)C(=O)NCCCCCC(=O)N1Cc2[nH]c3ccccc3c2C[C@H]1C(=O)OCc1ccccc1. The van der Waals surface area contributed by atoms with Gasteiger partial charge in [-0.05, 0) is 30.0 Å². The first-order valence-electron chi connectivity index (χ1n) is 13.2. The summed E-state index contributed by atoms with van der Waals surface area (Å²) in [4.78, 5) is 54.4. The van der Waals surface area contributed by atoms with Crippen LogP contribution in [0.2, 0.25) is 0 Å². The molecule has 2 heterocycles. The van der Waals surface area contributed by atoms with Gasteiger partial charge >= 0.3 is 5.97 Å². The number of benzene rings is 2. The highest BCUT2D eigenvalue weighted by Crippen LogP contribution is 2.31. The molecule has 6 N–H and O–H groups in total. The Labute approximate surface area is 227 Å². The highest BCUT2D eigenvalue weighted by atomic mass is 16.5. The highest BCUT2D eigenvalue weighted by molar-refractivity contribution is 5.90. The standard InChI is InChI=1S/C29H35N5O5/c30-22(16-26(31)35)28(37)32-14-8-2-5-13-27(36)34-17-24-21(20-11-6-7-12-23(20)33-24)15-25(34)29(38)39-18-19-9-3-1-4-10-19/h1,3-4,6-7,9-12,22,25,33H,2,5,8,13-18,30H2,(H2,31,35)(H,32,37)/t22-,25-/m0/s1. The summed E-state index contributed by atoms with van der Waals surface area (Å²) in [5.41, 5.74) is 14.5. The second-order valence-corrected chi connectivity index (χ2v) is 9.84. The van der Waals surface area contributed by atoms with E-state index >= 15 is 0 Å². The molecular weight excluding hydrogens is 498 g/mol. The van der Waals surface area contributed by atoms with E-state index in [1.165, 1.54) is 0 Å². The van der Waals surface area contributed by atoms with Crippen molar-refractivity contribution in [3.63, 3.8) is 0 Å². The number of nitrogens with zero attached hydrogens (tertiary/aromatic N) is 1. The molecule has 0 saturated carbocycles. The minimum absolute atomic E-state index is 0.117. The van der Waals surface area contributed by atoms with Gasteiger partial charge in [-0.25, -0.2) is 4.79 Å². The number of unbranched alkanes of at least 4 members (excludes halogenated alkanes) is 2. The number of primary amides is 1. The molecule has 0 saturated heterocycles. The van der Waals surface area contributed by atoms with E-state index < -0.39 is 29.9 Å². The second-order valence-electron chi connectivity index (χ2n) is 9.84. The van der Waals surface area contributed by atoms with Gasteiger partial charge in [0.05, 0.1) is 19.0 Å². The quantitative estimate of drug-likeness (QED) is 0.206. The number of aromatic amines is 1. The van der Waals surface area contributed by atoms with Crippen LogP contribution in [-0.4, -0.2) is 52.2 Å². The van der Waals surface area contributed by atoms with Crippen molar-refractivity contribution in [2.45, 2.75) is 63.8 Å². The van der Waals surface area contributed by atoms with Crippen LogP contribution in [0.5, 0.6) is 0 Å². The summed E-state index contributed by atoms with van der Waals surface area (Å²) in [5.74, 6) is -1.59. The molecule has 1 aliphatic heterocycles. The predicted octanol–water partition coefficient (Wildman–Crippen LogP) is 2.04. The van der Waals surface area contributed by atoms with E-state index in [4.69, 9.17) is 16.2 Å². The molecule has 0 bridgehead atoms. The van der Waals surface area contributed by atoms with Gasteiger partial charge in [-0.15, -0.1) is 0 Å². The van der Waals surface area contributed by atoms with Gasteiger partial charge in [0, 0.05) is 36.0 Å². The van der Waals surface area contributed by atoms with Crippen molar-refractivity contribution in [1.29, 1.82) is 0 Å². The third-order valence-electron chi connectivity index (χ3n) is 6.95. The topological polar surface area (TPSA) is 161 Å². The molecule has 0 unspecified atom stereocenters. The lowest BCUT2D eigenvalue weighted by Crippen LogP contribution is -2.49. The average molecular weight is 534 g/mol. The van der Waals surface area contributed by atoms with Crippen LogP contribution >= 0.6 is 0 Å². The molecule has 4 rings (SSSR count). The maximum Gasteiger partial charge on any atom is 0.329 e. The largest absolute Gasteiger partial charge is 0.459 e. The third-order valence-corrected chi connectivity index (χ3v) is 6.95. The molecular formula is C29H35N5O5. The fourth-order valence-corrected chi connectivity index (χ4v) is 4.88. The lowest BCUT2D eigenvalue weighted by atomic mass is 9.96. The molecule has 3 amide bonds. The molecule has 1 aliphatic rings. The average Bonchev–Trinajstić information content (AvgIpc) is 3.30.